The molecule has 0 aliphatic heterocycles. The van der Waals surface area contributed by atoms with E-state index < -0.39 is 10.9 Å². The van der Waals surface area contributed by atoms with Crippen LogP contribution >= 0.6 is 15.9 Å². The van der Waals surface area contributed by atoms with Crippen molar-refractivity contribution in [3.05, 3.63) is 68.2 Å². The molecular formula is C16H14BrNO4. The summed E-state index contributed by atoms with van der Waals surface area (Å²) in [5.41, 5.74) is 0.743. The van der Waals surface area contributed by atoms with Gasteiger partial charge in [-0.1, -0.05) is 32.0 Å². The maximum Gasteiger partial charge on any atom is 0.350 e. The van der Waals surface area contributed by atoms with Crippen LogP contribution < -0.4 is 4.74 Å². The Morgan fingerprint density at radius 2 is 1.91 bits per heavy atom. The minimum atomic E-state index is -0.759. The number of halogens is 1. The van der Waals surface area contributed by atoms with E-state index in [1.165, 1.54) is 18.2 Å². The molecule has 2 rings (SSSR count). The number of hydrogen-bond donors (Lipinski definition) is 0. The monoisotopic (exact) mass is 363 g/mol. The van der Waals surface area contributed by atoms with E-state index in [-0.39, 0.29) is 11.3 Å². The van der Waals surface area contributed by atoms with Gasteiger partial charge in [-0.05, 0) is 45.6 Å². The molecule has 0 aliphatic rings. The summed E-state index contributed by atoms with van der Waals surface area (Å²) in [6.07, 6.45) is 0. The lowest BCUT2D eigenvalue weighted by molar-refractivity contribution is -0.385. The fourth-order valence-corrected chi connectivity index (χ4v) is 2.40. The van der Waals surface area contributed by atoms with Crippen LogP contribution in [0.3, 0.4) is 0 Å². The lowest BCUT2D eigenvalue weighted by Gasteiger charge is -2.10. The van der Waals surface area contributed by atoms with Gasteiger partial charge < -0.3 is 4.74 Å². The summed E-state index contributed by atoms with van der Waals surface area (Å²) >= 11 is 3.35. The van der Waals surface area contributed by atoms with E-state index in [4.69, 9.17) is 4.74 Å². The van der Waals surface area contributed by atoms with Crippen molar-refractivity contribution in [3.8, 4) is 5.75 Å². The zero-order valence-corrected chi connectivity index (χ0v) is 13.7. The number of carbonyl (C=O) groups is 1. The van der Waals surface area contributed by atoms with E-state index in [1.54, 1.807) is 12.1 Å². The van der Waals surface area contributed by atoms with Gasteiger partial charge in [0.1, 0.15) is 11.3 Å². The Balaban J connectivity index is 2.28. The Morgan fingerprint density at radius 1 is 1.23 bits per heavy atom. The molecule has 0 aromatic heterocycles. The van der Waals surface area contributed by atoms with Crippen molar-refractivity contribution >= 4 is 27.6 Å². The molecule has 0 heterocycles. The SMILES string of the molecule is CC(C)c1ccc(OC(=O)c2ccccc2[N+](=O)[O-])c(Br)c1. The molecule has 0 N–H and O–H groups in total. The standard InChI is InChI=1S/C16H14BrNO4/c1-10(2)11-7-8-15(13(17)9-11)22-16(19)12-5-3-4-6-14(12)18(20)21/h3-10H,1-2H3. The summed E-state index contributed by atoms with van der Waals surface area (Å²) in [6, 6.07) is 11.1. The first-order valence-corrected chi connectivity index (χ1v) is 7.44. The van der Waals surface area contributed by atoms with Gasteiger partial charge in [0.25, 0.3) is 5.69 Å². The van der Waals surface area contributed by atoms with Crippen molar-refractivity contribution in [2.45, 2.75) is 19.8 Å². The first-order chi connectivity index (χ1) is 10.4. The number of ether oxygens (including phenoxy) is 1. The molecule has 0 atom stereocenters. The number of nitro benzene ring substituents is 1. The maximum absolute atomic E-state index is 12.2. The van der Waals surface area contributed by atoms with Crippen molar-refractivity contribution in [2.75, 3.05) is 0 Å². The number of rotatable bonds is 4. The predicted molar refractivity (Wildman–Crippen MR) is 86.3 cm³/mol. The van der Waals surface area contributed by atoms with Crippen LogP contribution in [0.4, 0.5) is 5.69 Å². The highest BCUT2D eigenvalue weighted by atomic mass is 79.9. The second kappa shape index (κ2) is 6.70. The average Bonchev–Trinajstić information content (AvgIpc) is 2.48. The fraction of sp³-hybridized carbons (Fsp3) is 0.188. The van der Waals surface area contributed by atoms with Crippen molar-refractivity contribution in [1.29, 1.82) is 0 Å². The number of nitrogens with zero attached hydrogens (tertiary/aromatic N) is 1. The molecule has 2 aromatic rings. The molecule has 114 valence electrons. The van der Waals surface area contributed by atoms with Crippen LogP contribution in [0.15, 0.2) is 46.9 Å². The molecule has 0 saturated heterocycles. The summed E-state index contributed by atoms with van der Waals surface area (Å²) in [5.74, 6) is -0.0888. The average molecular weight is 364 g/mol. The van der Waals surface area contributed by atoms with E-state index in [2.05, 4.69) is 29.8 Å². The lowest BCUT2D eigenvalue weighted by atomic mass is 10.0. The summed E-state index contributed by atoms with van der Waals surface area (Å²) < 4.78 is 5.90. The van der Waals surface area contributed by atoms with Crippen LogP contribution in [0.1, 0.15) is 35.7 Å². The van der Waals surface area contributed by atoms with Crippen molar-refractivity contribution in [3.63, 3.8) is 0 Å². The van der Waals surface area contributed by atoms with E-state index in [1.807, 2.05) is 12.1 Å². The van der Waals surface area contributed by atoms with Gasteiger partial charge in [-0.15, -0.1) is 0 Å². The van der Waals surface area contributed by atoms with Gasteiger partial charge in [-0.3, -0.25) is 10.1 Å². The molecule has 0 saturated carbocycles. The van der Waals surface area contributed by atoms with Gasteiger partial charge >= 0.3 is 5.97 Å². The summed E-state index contributed by atoms with van der Waals surface area (Å²) in [7, 11) is 0. The lowest BCUT2D eigenvalue weighted by Crippen LogP contribution is -2.11. The molecule has 0 fully saturated rings. The Kier molecular flexibility index (Phi) is 4.92. The van der Waals surface area contributed by atoms with Crippen LogP contribution in [-0.2, 0) is 0 Å². The van der Waals surface area contributed by atoms with E-state index in [0.29, 0.717) is 16.1 Å². The largest absolute Gasteiger partial charge is 0.422 e. The van der Waals surface area contributed by atoms with Gasteiger partial charge in [0, 0.05) is 6.07 Å². The molecule has 0 amide bonds. The summed E-state index contributed by atoms with van der Waals surface area (Å²) in [6.45, 7) is 4.11. The predicted octanol–water partition coefficient (Wildman–Crippen LogP) is 4.70. The summed E-state index contributed by atoms with van der Waals surface area (Å²) in [5, 5.41) is 11.0. The molecule has 0 spiro atoms. The minimum absolute atomic E-state index is 0.0765. The third-order valence-electron chi connectivity index (χ3n) is 3.15. The Bertz CT molecular complexity index is 728. The first kappa shape index (κ1) is 16.2. The zero-order valence-electron chi connectivity index (χ0n) is 12.1. The van der Waals surface area contributed by atoms with Crippen LogP contribution in [0.5, 0.6) is 5.75 Å². The van der Waals surface area contributed by atoms with Crippen LogP contribution in [0, 0.1) is 10.1 Å². The topological polar surface area (TPSA) is 69.4 Å². The number of esters is 1. The Hall–Kier alpha value is -2.21. The first-order valence-electron chi connectivity index (χ1n) is 6.65. The highest BCUT2D eigenvalue weighted by molar-refractivity contribution is 9.10. The number of carbonyl (C=O) groups excluding carboxylic acids is 1. The van der Waals surface area contributed by atoms with E-state index >= 15 is 0 Å². The zero-order chi connectivity index (χ0) is 16.3. The van der Waals surface area contributed by atoms with Crippen LogP contribution in [0.2, 0.25) is 0 Å². The maximum atomic E-state index is 12.2. The van der Waals surface area contributed by atoms with Gasteiger partial charge in [-0.25, -0.2) is 4.79 Å². The minimum Gasteiger partial charge on any atom is -0.422 e. The van der Waals surface area contributed by atoms with Crippen molar-refractivity contribution in [2.24, 2.45) is 0 Å². The van der Waals surface area contributed by atoms with Gasteiger partial charge in [0.2, 0.25) is 0 Å². The van der Waals surface area contributed by atoms with E-state index in [0.717, 1.165) is 5.56 Å². The second-order valence-corrected chi connectivity index (χ2v) is 5.86. The van der Waals surface area contributed by atoms with Crippen LogP contribution in [-0.4, -0.2) is 10.9 Å². The quantitative estimate of drug-likeness (QED) is 0.341. The molecule has 0 aliphatic carbocycles. The highest BCUT2D eigenvalue weighted by Crippen LogP contribution is 2.30. The van der Waals surface area contributed by atoms with Crippen molar-refractivity contribution in [1.82, 2.24) is 0 Å². The molecule has 0 radical (unpaired) electrons. The number of para-hydroxylation sites is 1. The molecular weight excluding hydrogens is 350 g/mol. The van der Waals surface area contributed by atoms with E-state index in [9.17, 15) is 14.9 Å². The Labute approximate surface area is 136 Å². The third kappa shape index (κ3) is 3.51. The fourth-order valence-electron chi connectivity index (χ4n) is 1.92. The van der Waals surface area contributed by atoms with Crippen molar-refractivity contribution < 1.29 is 14.5 Å². The van der Waals surface area contributed by atoms with Gasteiger partial charge in [0.05, 0.1) is 9.40 Å². The molecule has 2 aromatic carbocycles. The third-order valence-corrected chi connectivity index (χ3v) is 3.77. The number of nitro groups is 1. The highest BCUT2D eigenvalue weighted by Gasteiger charge is 2.21. The van der Waals surface area contributed by atoms with Gasteiger partial charge in [0.15, 0.2) is 0 Å². The second-order valence-electron chi connectivity index (χ2n) is 5.01. The van der Waals surface area contributed by atoms with Gasteiger partial charge in [-0.2, -0.15) is 0 Å². The smallest absolute Gasteiger partial charge is 0.350 e. The normalized spacial score (nSPS) is 10.5. The molecule has 0 bridgehead atoms. The molecule has 0 unspecified atom stereocenters. The number of benzene rings is 2. The molecule has 5 nitrogen and oxygen atoms in total. The summed E-state index contributed by atoms with van der Waals surface area (Å²) in [4.78, 5) is 22.5. The Morgan fingerprint density at radius 3 is 2.50 bits per heavy atom. The van der Waals surface area contributed by atoms with Crippen LogP contribution in [0.25, 0.3) is 0 Å². The molecule has 6 heteroatoms. The molecule has 22 heavy (non-hydrogen) atoms. The number of hydrogen-bond acceptors (Lipinski definition) is 4.